The van der Waals surface area contributed by atoms with Gasteiger partial charge < -0.3 is 19.8 Å². The molecule has 1 amide bonds. The molecule has 1 atom stereocenters. The number of methoxy groups -OCH3 is 1. The second kappa shape index (κ2) is 18.6. The Morgan fingerprint density at radius 3 is 2.00 bits per heavy atom. The lowest BCUT2D eigenvalue weighted by atomic mass is 10.1. The van der Waals surface area contributed by atoms with Gasteiger partial charge in [0.05, 0.1) is 13.7 Å². The summed E-state index contributed by atoms with van der Waals surface area (Å²) in [4.78, 5) is 41.0. The minimum absolute atomic E-state index is 0.233. The Kier molecular flexibility index (Phi) is 17.8. The van der Waals surface area contributed by atoms with E-state index in [4.69, 9.17) is 9.79 Å². The third-order valence-corrected chi connectivity index (χ3v) is 5.13. The molecule has 0 saturated heterocycles. The topological polar surface area (TPSA) is 122 Å². The molecule has 30 heavy (non-hydrogen) atoms. The molecular formula is C21H40NO7P. The zero-order valence-corrected chi connectivity index (χ0v) is 19.4. The second-order valence-electron chi connectivity index (χ2n) is 7.41. The first kappa shape index (κ1) is 28.8. The van der Waals surface area contributed by atoms with Crippen LogP contribution in [0.5, 0.6) is 0 Å². The summed E-state index contributed by atoms with van der Waals surface area (Å²) in [5.74, 6) is -1.19. The van der Waals surface area contributed by atoms with Crippen LogP contribution in [0.2, 0.25) is 0 Å². The van der Waals surface area contributed by atoms with Gasteiger partial charge in [-0.15, -0.1) is 0 Å². The summed E-state index contributed by atoms with van der Waals surface area (Å²) >= 11 is 0. The molecule has 0 heterocycles. The lowest BCUT2D eigenvalue weighted by molar-refractivity contribution is -0.146. The van der Waals surface area contributed by atoms with E-state index in [1.165, 1.54) is 38.5 Å². The number of carbonyl (C=O) groups is 2. The Hall–Kier alpha value is -1.21. The first-order valence-electron chi connectivity index (χ1n) is 11.0. The molecule has 0 aromatic heterocycles. The van der Waals surface area contributed by atoms with Crippen molar-refractivity contribution in [3.63, 3.8) is 0 Å². The van der Waals surface area contributed by atoms with Crippen molar-refractivity contribution < 1.29 is 33.2 Å². The van der Waals surface area contributed by atoms with Crippen LogP contribution < -0.4 is 5.32 Å². The van der Waals surface area contributed by atoms with Crippen molar-refractivity contribution in [1.82, 2.24) is 5.32 Å². The van der Waals surface area contributed by atoms with Crippen LogP contribution in [0.4, 0.5) is 0 Å². The van der Waals surface area contributed by atoms with Crippen LogP contribution in [0.25, 0.3) is 0 Å². The number of allylic oxidation sites excluding steroid dienone is 2. The van der Waals surface area contributed by atoms with Gasteiger partial charge in [0.25, 0.3) is 0 Å². The highest BCUT2D eigenvalue weighted by molar-refractivity contribution is 7.46. The van der Waals surface area contributed by atoms with E-state index in [9.17, 15) is 14.2 Å². The summed E-state index contributed by atoms with van der Waals surface area (Å²) in [6, 6.07) is -1.24. The highest BCUT2D eigenvalue weighted by Gasteiger charge is 2.25. The molecule has 8 nitrogen and oxygen atoms in total. The van der Waals surface area contributed by atoms with Gasteiger partial charge in [-0.25, -0.2) is 9.36 Å². The molecular weight excluding hydrogens is 409 g/mol. The van der Waals surface area contributed by atoms with Crippen LogP contribution in [0.15, 0.2) is 12.2 Å². The molecule has 9 heteroatoms. The van der Waals surface area contributed by atoms with Gasteiger partial charge in [0.15, 0.2) is 6.04 Å². The van der Waals surface area contributed by atoms with Crippen LogP contribution in [0.3, 0.4) is 0 Å². The Morgan fingerprint density at radius 1 is 0.933 bits per heavy atom. The molecule has 0 spiro atoms. The average molecular weight is 450 g/mol. The quantitative estimate of drug-likeness (QED) is 0.116. The number of unbranched alkanes of at least 4 members (excludes halogenated alkanes) is 10. The van der Waals surface area contributed by atoms with E-state index in [2.05, 4.69) is 33.7 Å². The second-order valence-corrected chi connectivity index (χ2v) is 8.65. The summed E-state index contributed by atoms with van der Waals surface area (Å²) in [5, 5.41) is 2.39. The van der Waals surface area contributed by atoms with E-state index in [1.54, 1.807) is 0 Å². The Morgan fingerprint density at radius 2 is 1.47 bits per heavy atom. The van der Waals surface area contributed by atoms with Crippen LogP contribution in [0.1, 0.15) is 90.4 Å². The molecule has 0 radical (unpaired) electrons. The Bertz CT molecular complexity index is 533. The lowest BCUT2D eigenvalue weighted by Gasteiger charge is -2.16. The van der Waals surface area contributed by atoms with Gasteiger partial charge in [0, 0.05) is 6.42 Å². The molecule has 0 saturated carbocycles. The van der Waals surface area contributed by atoms with Crippen LogP contribution in [-0.2, 0) is 23.4 Å². The fraction of sp³-hybridized carbons (Fsp3) is 0.810. The van der Waals surface area contributed by atoms with Crippen LogP contribution in [-0.4, -0.2) is 41.4 Å². The van der Waals surface area contributed by atoms with Crippen molar-refractivity contribution >= 4 is 19.7 Å². The number of amides is 1. The molecule has 0 unspecified atom stereocenters. The fourth-order valence-corrected chi connectivity index (χ4v) is 3.27. The van der Waals surface area contributed by atoms with E-state index in [0.29, 0.717) is 6.42 Å². The van der Waals surface area contributed by atoms with Gasteiger partial charge in [-0.2, -0.15) is 0 Å². The molecule has 3 N–H and O–H groups in total. The highest BCUT2D eigenvalue weighted by Crippen LogP contribution is 2.35. The molecule has 0 aromatic rings. The fourth-order valence-electron chi connectivity index (χ4n) is 2.93. The van der Waals surface area contributed by atoms with Crippen LogP contribution in [0, 0.1) is 0 Å². The number of ether oxygens (including phenoxy) is 1. The summed E-state index contributed by atoms with van der Waals surface area (Å²) < 4.78 is 19.6. The number of phosphoric ester groups is 1. The minimum Gasteiger partial charge on any atom is -0.467 e. The predicted molar refractivity (Wildman–Crippen MR) is 117 cm³/mol. The molecule has 0 bridgehead atoms. The monoisotopic (exact) mass is 449 g/mol. The van der Waals surface area contributed by atoms with E-state index >= 15 is 0 Å². The normalized spacial score (nSPS) is 12.8. The van der Waals surface area contributed by atoms with Crippen molar-refractivity contribution in [2.75, 3.05) is 13.7 Å². The SMILES string of the molecule is CCCCCCCC/C=C\CCCCCCC(=O)N[C@H](COP(=O)(O)O)C(=O)OC. The summed E-state index contributed by atoms with van der Waals surface area (Å²) in [6.07, 6.45) is 18.5. The van der Waals surface area contributed by atoms with Crippen molar-refractivity contribution in [3.8, 4) is 0 Å². The van der Waals surface area contributed by atoms with E-state index in [-0.39, 0.29) is 12.3 Å². The maximum atomic E-state index is 11.9. The van der Waals surface area contributed by atoms with Gasteiger partial charge in [-0.05, 0) is 32.1 Å². The first-order valence-corrected chi connectivity index (χ1v) is 12.6. The molecule has 176 valence electrons. The average Bonchev–Trinajstić information content (AvgIpc) is 2.70. The molecule has 0 fully saturated rings. The minimum atomic E-state index is -4.73. The lowest BCUT2D eigenvalue weighted by Crippen LogP contribution is -2.44. The Balaban J connectivity index is 3.76. The van der Waals surface area contributed by atoms with Crippen molar-refractivity contribution in [3.05, 3.63) is 12.2 Å². The van der Waals surface area contributed by atoms with Gasteiger partial charge in [0.2, 0.25) is 5.91 Å². The predicted octanol–water partition coefficient (Wildman–Crippen LogP) is 4.40. The van der Waals surface area contributed by atoms with Gasteiger partial charge in [-0.1, -0.05) is 64.0 Å². The molecule has 0 aromatic carbocycles. The zero-order valence-electron chi connectivity index (χ0n) is 18.5. The summed E-state index contributed by atoms with van der Waals surface area (Å²) in [5.41, 5.74) is 0. The number of phosphoric acid groups is 1. The number of esters is 1. The molecule has 0 rings (SSSR count). The summed E-state index contributed by atoms with van der Waals surface area (Å²) in [7, 11) is -3.60. The number of hydrogen-bond donors (Lipinski definition) is 3. The van der Waals surface area contributed by atoms with Crippen molar-refractivity contribution in [2.45, 2.75) is 96.4 Å². The van der Waals surface area contributed by atoms with E-state index < -0.39 is 26.4 Å². The van der Waals surface area contributed by atoms with Crippen LogP contribution >= 0.6 is 7.82 Å². The first-order chi connectivity index (χ1) is 14.3. The Labute approximate surface area is 181 Å². The largest absolute Gasteiger partial charge is 0.469 e. The van der Waals surface area contributed by atoms with Gasteiger partial charge in [0.1, 0.15) is 0 Å². The number of nitrogens with one attached hydrogen (secondary N) is 1. The van der Waals surface area contributed by atoms with Crippen molar-refractivity contribution in [1.29, 1.82) is 0 Å². The maximum Gasteiger partial charge on any atom is 0.469 e. The molecule has 0 aliphatic carbocycles. The zero-order chi connectivity index (χ0) is 22.7. The van der Waals surface area contributed by atoms with Gasteiger partial charge >= 0.3 is 13.8 Å². The number of carbonyl (C=O) groups excluding carboxylic acids is 2. The molecule has 0 aliphatic rings. The molecule has 0 aliphatic heterocycles. The smallest absolute Gasteiger partial charge is 0.467 e. The highest BCUT2D eigenvalue weighted by atomic mass is 31.2. The third kappa shape index (κ3) is 18.8. The van der Waals surface area contributed by atoms with E-state index in [1.807, 2.05) is 0 Å². The summed E-state index contributed by atoms with van der Waals surface area (Å²) in [6.45, 7) is 1.58. The third-order valence-electron chi connectivity index (χ3n) is 4.65. The maximum absolute atomic E-state index is 11.9. The standard InChI is InChI=1S/C21H40NO7P/c1-3-4-5-6-7-8-9-10-11-12-13-14-15-16-17-20(23)22-19(21(24)28-2)18-29-30(25,26)27/h10-11,19H,3-9,12-18H2,1-2H3,(H,22,23)(H2,25,26,27)/b11-10-/t19-/m1/s1. The van der Waals surface area contributed by atoms with Gasteiger partial charge in [-0.3, -0.25) is 9.32 Å². The van der Waals surface area contributed by atoms with Crippen molar-refractivity contribution in [2.24, 2.45) is 0 Å². The number of rotatable bonds is 19. The number of hydrogen-bond acceptors (Lipinski definition) is 5. The van der Waals surface area contributed by atoms with E-state index in [0.717, 1.165) is 39.2 Å².